The highest BCUT2D eigenvalue weighted by Crippen LogP contribution is 2.36. The van der Waals surface area contributed by atoms with E-state index in [0.717, 1.165) is 4.68 Å². The van der Waals surface area contributed by atoms with Crippen LogP contribution in [0.15, 0.2) is 41.0 Å². The van der Waals surface area contributed by atoms with Crippen LogP contribution >= 0.6 is 15.9 Å². The van der Waals surface area contributed by atoms with E-state index in [0.29, 0.717) is 23.0 Å². The number of hydrogen-bond donors (Lipinski definition) is 3. The Morgan fingerprint density at radius 1 is 1.22 bits per heavy atom. The van der Waals surface area contributed by atoms with E-state index in [1.54, 1.807) is 0 Å². The van der Waals surface area contributed by atoms with Gasteiger partial charge in [0.2, 0.25) is 6.41 Å². The molecule has 2 aromatic carbocycles. The van der Waals surface area contributed by atoms with Crippen LogP contribution < -0.4 is 4.90 Å². The van der Waals surface area contributed by atoms with Crippen molar-refractivity contribution in [3.63, 3.8) is 0 Å². The fourth-order valence-electron chi connectivity index (χ4n) is 5.65. The molecule has 3 N–H and O–H groups in total. The van der Waals surface area contributed by atoms with Gasteiger partial charge < -0.3 is 34.6 Å². The Morgan fingerprint density at radius 2 is 1.93 bits per heavy atom. The second kappa shape index (κ2) is 13.2. The van der Waals surface area contributed by atoms with Crippen molar-refractivity contribution in [2.24, 2.45) is 0 Å². The molecule has 45 heavy (non-hydrogen) atoms. The van der Waals surface area contributed by atoms with Crippen LogP contribution in [0.2, 0.25) is 0 Å². The molecule has 13 nitrogen and oxygen atoms in total. The molecule has 0 aliphatic carbocycles. The molecule has 1 aromatic heterocycles. The lowest BCUT2D eigenvalue weighted by atomic mass is 9.91. The van der Waals surface area contributed by atoms with Gasteiger partial charge in [0.25, 0.3) is 5.91 Å². The molecule has 5 unspecified atom stereocenters. The van der Waals surface area contributed by atoms with E-state index < -0.39 is 72.6 Å². The first kappa shape index (κ1) is 32.5. The van der Waals surface area contributed by atoms with Gasteiger partial charge in [-0.15, -0.1) is 5.10 Å². The van der Waals surface area contributed by atoms with Crippen LogP contribution in [0.4, 0.5) is 18.9 Å². The zero-order chi connectivity index (χ0) is 32.6. The SMILES string of the molecule is COC1C(C(=O)N(c2cc(Br)cc(C#N)c2)[C@@H]2CN(C=O)C[C@H]2O)OC(CO)C(O)C1n1cc(-c2cc(F)c(F)c(F)c2)nn1. The first-order chi connectivity index (χ1) is 21.5. The second-order valence-electron chi connectivity index (χ2n) is 10.5. The molecular formula is C28H26BrF3N6O7. The van der Waals surface area contributed by atoms with Gasteiger partial charge in [0.05, 0.1) is 36.6 Å². The standard InChI is InChI=1S/C28H26BrF3N6O7/c1-44-26-24(37-8-19(34-35-37)14-4-17(30)23(32)18(31)5-14)25(42)22(11-39)45-27(26)28(43)38(20-9-36(12-40)10-21(20)41)16-3-13(7-33)2-15(29)6-16/h2-6,8,12,20-22,24-27,39,41-42H,9-11H2,1H3/t20-,21-,22?,24?,25?,26?,27?/m1/s1. The van der Waals surface area contributed by atoms with Crippen molar-refractivity contribution in [2.75, 3.05) is 31.7 Å². The summed E-state index contributed by atoms with van der Waals surface area (Å²) in [6, 6.07) is 5.60. The monoisotopic (exact) mass is 694 g/mol. The highest BCUT2D eigenvalue weighted by molar-refractivity contribution is 9.10. The predicted molar refractivity (Wildman–Crippen MR) is 151 cm³/mol. The van der Waals surface area contributed by atoms with Gasteiger partial charge in [0.1, 0.15) is 30.0 Å². The Balaban J connectivity index is 1.57. The summed E-state index contributed by atoms with van der Waals surface area (Å²) in [6.45, 7) is -0.903. The number of carbonyl (C=O) groups excluding carboxylic acids is 2. The van der Waals surface area contributed by atoms with Gasteiger partial charge in [-0.05, 0) is 30.3 Å². The third-order valence-electron chi connectivity index (χ3n) is 7.77. The molecule has 5 rings (SSSR count). The molecule has 2 aliphatic rings. The lowest BCUT2D eigenvalue weighted by Crippen LogP contribution is -2.63. The number of aliphatic hydroxyl groups is 3. The molecule has 17 heteroatoms. The van der Waals surface area contributed by atoms with Crippen LogP contribution in [-0.4, -0.2) is 111 Å². The summed E-state index contributed by atoms with van der Waals surface area (Å²) < 4.78 is 54.4. The van der Waals surface area contributed by atoms with Gasteiger partial charge >= 0.3 is 0 Å². The van der Waals surface area contributed by atoms with Gasteiger partial charge in [0, 0.05) is 35.9 Å². The van der Waals surface area contributed by atoms with Gasteiger partial charge in [-0.2, -0.15) is 5.26 Å². The molecule has 0 bridgehead atoms. The Labute approximate surface area is 262 Å². The van der Waals surface area contributed by atoms with Crippen molar-refractivity contribution >= 4 is 33.9 Å². The number of hydrogen-bond acceptors (Lipinski definition) is 10. The molecule has 2 amide bonds. The maximum Gasteiger partial charge on any atom is 0.259 e. The minimum atomic E-state index is -1.67. The minimum absolute atomic E-state index is 0.0676. The summed E-state index contributed by atoms with van der Waals surface area (Å²) in [7, 11) is 1.23. The normalized spacial score (nSPS) is 26.5. The average molecular weight is 695 g/mol. The molecule has 0 radical (unpaired) electrons. The van der Waals surface area contributed by atoms with E-state index in [4.69, 9.17) is 9.47 Å². The average Bonchev–Trinajstić information content (AvgIpc) is 3.66. The first-order valence-corrected chi connectivity index (χ1v) is 14.3. The van der Waals surface area contributed by atoms with E-state index in [1.165, 1.54) is 41.3 Å². The van der Waals surface area contributed by atoms with Crippen molar-refractivity contribution in [3.05, 3.63) is 64.0 Å². The summed E-state index contributed by atoms with van der Waals surface area (Å²) in [5.41, 5.74) is 0.0825. The molecule has 3 aromatic rings. The quantitative estimate of drug-likeness (QED) is 0.227. The number of carbonyl (C=O) groups is 2. The van der Waals surface area contributed by atoms with Crippen LogP contribution in [0.3, 0.4) is 0 Å². The third kappa shape index (κ3) is 6.17. The number of methoxy groups -OCH3 is 1. The molecule has 2 fully saturated rings. The number of rotatable bonds is 8. The fraction of sp³-hybridized carbons (Fsp3) is 0.393. The van der Waals surface area contributed by atoms with Crippen LogP contribution in [-0.2, 0) is 19.1 Å². The van der Waals surface area contributed by atoms with Crippen LogP contribution in [0.5, 0.6) is 0 Å². The molecule has 0 spiro atoms. The van der Waals surface area contributed by atoms with Crippen LogP contribution in [0.1, 0.15) is 11.6 Å². The van der Waals surface area contributed by atoms with Gasteiger partial charge in [-0.1, -0.05) is 21.1 Å². The summed E-state index contributed by atoms with van der Waals surface area (Å²) >= 11 is 3.32. The number of amides is 2. The molecule has 0 saturated carbocycles. The maximum atomic E-state index is 14.5. The number of aromatic nitrogens is 3. The lowest BCUT2D eigenvalue weighted by molar-refractivity contribution is -0.211. The zero-order valence-corrected chi connectivity index (χ0v) is 25.0. The number of β-amino-alcohol motifs (C(OH)–C–C–N with tert-alkyl or cyclic N) is 1. The van der Waals surface area contributed by atoms with Crippen molar-refractivity contribution < 1.29 is 47.6 Å². The Hall–Kier alpha value is -3.92. The smallest absolute Gasteiger partial charge is 0.259 e. The predicted octanol–water partition coefficient (Wildman–Crippen LogP) is 0.908. The van der Waals surface area contributed by atoms with Gasteiger partial charge in [0.15, 0.2) is 23.6 Å². The molecular weight excluding hydrogens is 669 g/mol. The Kier molecular flexibility index (Phi) is 9.53. The number of anilines is 1. The zero-order valence-electron chi connectivity index (χ0n) is 23.4. The lowest BCUT2D eigenvalue weighted by Gasteiger charge is -2.45. The van der Waals surface area contributed by atoms with E-state index >= 15 is 0 Å². The third-order valence-corrected chi connectivity index (χ3v) is 8.23. The number of nitriles is 1. The van der Waals surface area contributed by atoms with Crippen molar-refractivity contribution in [1.29, 1.82) is 5.26 Å². The summed E-state index contributed by atoms with van der Waals surface area (Å²) in [4.78, 5) is 28.5. The first-order valence-electron chi connectivity index (χ1n) is 13.5. The number of benzene rings is 2. The molecule has 2 aliphatic heterocycles. The summed E-state index contributed by atoms with van der Waals surface area (Å²) in [6.07, 6.45) is -5.31. The molecule has 3 heterocycles. The second-order valence-corrected chi connectivity index (χ2v) is 11.4. The van der Waals surface area contributed by atoms with Crippen molar-refractivity contribution in [3.8, 4) is 17.3 Å². The van der Waals surface area contributed by atoms with Crippen molar-refractivity contribution in [2.45, 2.75) is 42.6 Å². The Morgan fingerprint density at radius 3 is 2.53 bits per heavy atom. The van der Waals surface area contributed by atoms with E-state index in [-0.39, 0.29) is 35.6 Å². The summed E-state index contributed by atoms with van der Waals surface area (Å²) in [5.74, 6) is -5.39. The van der Waals surface area contributed by atoms with Gasteiger partial charge in [-0.25, -0.2) is 17.9 Å². The van der Waals surface area contributed by atoms with Crippen LogP contribution in [0, 0.1) is 28.8 Å². The molecule has 2 saturated heterocycles. The largest absolute Gasteiger partial charge is 0.394 e. The van der Waals surface area contributed by atoms with Gasteiger partial charge in [-0.3, -0.25) is 9.59 Å². The minimum Gasteiger partial charge on any atom is -0.394 e. The number of ether oxygens (including phenoxy) is 2. The van der Waals surface area contributed by atoms with Crippen LogP contribution in [0.25, 0.3) is 11.3 Å². The topological polar surface area (TPSA) is 174 Å². The fourth-order valence-corrected chi connectivity index (χ4v) is 6.13. The maximum absolute atomic E-state index is 14.5. The van der Waals surface area contributed by atoms with Crippen molar-refractivity contribution in [1.82, 2.24) is 19.9 Å². The number of halogens is 4. The van der Waals surface area contributed by atoms with E-state index in [1.807, 2.05) is 6.07 Å². The number of likely N-dealkylation sites (tertiary alicyclic amines) is 1. The van der Waals surface area contributed by atoms with E-state index in [2.05, 4.69) is 26.2 Å². The summed E-state index contributed by atoms with van der Waals surface area (Å²) in [5, 5.41) is 49.6. The highest BCUT2D eigenvalue weighted by Gasteiger charge is 2.52. The molecule has 7 atom stereocenters. The number of aliphatic hydroxyl groups excluding tert-OH is 3. The van der Waals surface area contributed by atoms with E-state index in [9.17, 15) is 43.3 Å². The molecule has 238 valence electrons. The Bertz CT molecular complexity index is 1620. The number of nitrogens with zero attached hydrogens (tertiary/aromatic N) is 6. The highest BCUT2D eigenvalue weighted by atomic mass is 79.9.